The van der Waals surface area contributed by atoms with Crippen molar-refractivity contribution in [1.82, 2.24) is 0 Å². The molecule has 0 aliphatic rings. The minimum absolute atomic E-state index is 0.104. The molecule has 0 aliphatic heterocycles. The Kier molecular flexibility index (Phi) is 54.0. The van der Waals surface area contributed by atoms with E-state index in [9.17, 15) is 14.4 Å². The number of hydrogen-bond donors (Lipinski definition) is 0. The van der Waals surface area contributed by atoms with E-state index >= 15 is 0 Å². The van der Waals surface area contributed by atoms with E-state index < -0.39 is 6.10 Å². The first-order valence-corrected chi connectivity index (χ1v) is 28.5. The van der Waals surface area contributed by atoms with E-state index in [0.717, 1.165) is 141 Å². The molecule has 6 heteroatoms. The van der Waals surface area contributed by atoms with Crippen molar-refractivity contribution in [3.63, 3.8) is 0 Å². The molecule has 0 bridgehead atoms. The Bertz CT molecular complexity index is 1490. The van der Waals surface area contributed by atoms with Crippen molar-refractivity contribution >= 4 is 17.9 Å². The van der Waals surface area contributed by atoms with Crippen LogP contribution in [-0.4, -0.2) is 37.2 Å². The quantitative estimate of drug-likeness (QED) is 0.0262. The summed E-state index contributed by atoms with van der Waals surface area (Å²) in [5.41, 5.74) is 0. The maximum absolute atomic E-state index is 12.9. The molecule has 0 heterocycles. The fourth-order valence-electron chi connectivity index (χ4n) is 7.45. The normalized spacial score (nSPS) is 13.0. The topological polar surface area (TPSA) is 78.9 Å². The van der Waals surface area contributed by atoms with Crippen LogP contribution in [0.4, 0.5) is 0 Å². The summed E-state index contributed by atoms with van der Waals surface area (Å²) in [5.74, 6) is -0.971. The molecule has 0 aliphatic carbocycles. The lowest BCUT2D eigenvalue weighted by Crippen LogP contribution is -2.30. The number of hydrogen-bond acceptors (Lipinski definition) is 6. The van der Waals surface area contributed by atoms with Gasteiger partial charge in [0.2, 0.25) is 0 Å². The van der Waals surface area contributed by atoms with Crippen molar-refractivity contribution < 1.29 is 28.6 Å². The third-order valence-electron chi connectivity index (χ3n) is 11.7. The van der Waals surface area contributed by atoms with E-state index in [1.165, 1.54) is 64.2 Å². The SMILES string of the molecule is CC/C=C\C/C=C\C/C=C\C/C=C\CCCCCCCCCCC(=O)OCC(COC(=O)CCCC/C=C\C/C=C\C/C=C\C/C=C\CC)OC(=O)CCCCCCC/C=C\C/C=C\CCCCCC. The highest BCUT2D eigenvalue weighted by Crippen LogP contribution is 2.14. The number of carbonyl (C=O) groups is 3. The Hall–Kier alpha value is -4.19. The molecule has 0 saturated carbocycles. The van der Waals surface area contributed by atoms with E-state index in [1.54, 1.807) is 0 Å². The molecule has 6 nitrogen and oxygen atoms in total. The molecule has 0 aromatic carbocycles. The summed E-state index contributed by atoms with van der Waals surface area (Å²) in [7, 11) is 0. The third kappa shape index (κ3) is 54.7. The van der Waals surface area contributed by atoms with Crippen molar-refractivity contribution in [2.24, 2.45) is 0 Å². The van der Waals surface area contributed by atoms with Crippen LogP contribution in [0.25, 0.3) is 0 Å². The average molecular weight is 970 g/mol. The number of esters is 3. The smallest absolute Gasteiger partial charge is 0.306 e. The molecule has 0 radical (unpaired) electrons. The zero-order chi connectivity index (χ0) is 50.7. The lowest BCUT2D eigenvalue weighted by Gasteiger charge is -2.18. The molecule has 396 valence electrons. The number of allylic oxidation sites excluding steroid dienone is 20. The van der Waals surface area contributed by atoms with Gasteiger partial charge in [0.1, 0.15) is 13.2 Å². The highest BCUT2D eigenvalue weighted by molar-refractivity contribution is 5.71. The second-order valence-electron chi connectivity index (χ2n) is 18.4. The van der Waals surface area contributed by atoms with Crippen molar-refractivity contribution in [1.29, 1.82) is 0 Å². The fourth-order valence-corrected chi connectivity index (χ4v) is 7.45. The van der Waals surface area contributed by atoms with Crippen LogP contribution >= 0.6 is 0 Å². The Morgan fingerprint density at radius 2 is 0.557 bits per heavy atom. The predicted molar refractivity (Wildman–Crippen MR) is 302 cm³/mol. The minimum Gasteiger partial charge on any atom is -0.462 e. The molecule has 0 fully saturated rings. The lowest BCUT2D eigenvalue weighted by molar-refractivity contribution is -0.167. The van der Waals surface area contributed by atoms with E-state index in [2.05, 4.69) is 142 Å². The zero-order valence-corrected chi connectivity index (χ0v) is 45.2. The number of unbranched alkanes of at least 4 members (excludes halogenated alkanes) is 19. The minimum atomic E-state index is -0.810. The van der Waals surface area contributed by atoms with Crippen LogP contribution in [0.3, 0.4) is 0 Å². The van der Waals surface area contributed by atoms with Crippen LogP contribution < -0.4 is 0 Å². The molecular weight excluding hydrogens is 865 g/mol. The zero-order valence-electron chi connectivity index (χ0n) is 45.2. The van der Waals surface area contributed by atoms with Gasteiger partial charge >= 0.3 is 17.9 Å². The highest BCUT2D eigenvalue weighted by atomic mass is 16.6. The molecule has 0 aromatic heterocycles. The van der Waals surface area contributed by atoms with Gasteiger partial charge in [-0.2, -0.15) is 0 Å². The molecule has 70 heavy (non-hydrogen) atoms. The van der Waals surface area contributed by atoms with Crippen LogP contribution in [-0.2, 0) is 28.6 Å². The van der Waals surface area contributed by atoms with Gasteiger partial charge in [-0.15, -0.1) is 0 Å². The Labute approximate surface area is 431 Å². The van der Waals surface area contributed by atoms with Gasteiger partial charge in [-0.25, -0.2) is 0 Å². The summed E-state index contributed by atoms with van der Waals surface area (Å²) in [4.78, 5) is 38.2. The van der Waals surface area contributed by atoms with Crippen LogP contribution in [0.2, 0.25) is 0 Å². The average Bonchev–Trinajstić information content (AvgIpc) is 3.36. The largest absolute Gasteiger partial charge is 0.462 e. The van der Waals surface area contributed by atoms with Gasteiger partial charge in [-0.1, -0.05) is 219 Å². The van der Waals surface area contributed by atoms with Crippen molar-refractivity contribution in [3.8, 4) is 0 Å². The molecule has 0 saturated heterocycles. The lowest BCUT2D eigenvalue weighted by atomic mass is 10.1. The molecule has 1 unspecified atom stereocenters. The summed E-state index contributed by atoms with van der Waals surface area (Å²) in [5, 5.41) is 0. The molecule has 0 aromatic rings. The van der Waals surface area contributed by atoms with Crippen molar-refractivity contribution in [2.45, 2.75) is 252 Å². The van der Waals surface area contributed by atoms with Gasteiger partial charge in [0.15, 0.2) is 6.10 Å². The molecule has 0 amide bonds. The van der Waals surface area contributed by atoms with Gasteiger partial charge < -0.3 is 14.2 Å². The number of carbonyl (C=O) groups excluding carboxylic acids is 3. The monoisotopic (exact) mass is 969 g/mol. The first-order chi connectivity index (χ1) is 34.5. The maximum atomic E-state index is 12.9. The summed E-state index contributed by atoms with van der Waals surface area (Å²) in [6.07, 6.45) is 79.0. The van der Waals surface area contributed by atoms with Crippen LogP contribution in [0.15, 0.2) is 122 Å². The first kappa shape index (κ1) is 65.8. The van der Waals surface area contributed by atoms with E-state index in [1.807, 2.05) is 0 Å². The molecular formula is C64H104O6. The summed E-state index contributed by atoms with van der Waals surface area (Å²) < 4.78 is 16.8. The Balaban J connectivity index is 4.47. The molecule has 1 atom stereocenters. The predicted octanol–water partition coefficient (Wildman–Crippen LogP) is 19.3. The van der Waals surface area contributed by atoms with Crippen molar-refractivity contribution in [3.05, 3.63) is 122 Å². The van der Waals surface area contributed by atoms with E-state index in [0.29, 0.717) is 19.3 Å². The van der Waals surface area contributed by atoms with Gasteiger partial charge in [-0.05, 0) is 128 Å². The standard InChI is InChI=1S/C64H104O6/c1-4-7-10-13-16-19-22-25-28-30-31-32-33-34-37-39-42-45-48-51-54-57-63(66)69-60-61(59-68-62(65)56-53-50-47-44-41-38-35-27-24-21-18-15-12-9-6-3)70-64(67)58-55-52-49-46-43-40-36-29-26-23-20-17-14-11-8-5-2/h7,9-10,12,16,18-21,23,25,27-29,31-32,35-36,41,44,61H,4-6,8,11,13-15,17,22,24,26,30,33-34,37-40,42-43,45-60H2,1-3H3/b10-7-,12-9-,19-16-,21-18-,23-20-,28-25-,32-31-,35-27-,36-29-,44-41-. The summed E-state index contributed by atoms with van der Waals surface area (Å²) in [6.45, 7) is 6.34. The van der Waals surface area contributed by atoms with Crippen LogP contribution in [0.5, 0.6) is 0 Å². The van der Waals surface area contributed by atoms with Gasteiger partial charge in [0, 0.05) is 19.3 Å². The van der Waals surface area contributed by atoms with Gasteiger partial charge in [0.05, 0.1) is 0 Å². The van der Waals surface area contributed by atoms with Gasteiger partial charge in [0.25, 0.3) is 0 Å². The summed E-state index contributed by atoms with van der Waals surface area (Å²) in [6, 6.07) is 0. The second kappa shape index (κ2) is 57.4. The number of ether oxygens (including phenoxy) is 3. The summed E-state index contributed by atoms with van der Waals surface area (Å²) >= 11 is 0. The Morgan fingerprint density at radius 3 is 0.900 bits per heavy atom. The van der Waals surface area contributed by atoms with Crippen LogP contribution in [0.1, 0.15) is 245 Å². The van der Waals surface area contributed by atoms with E-state index in [-0.39, 0.29) is 31.1 Å². The molecule has 0 spiro atoms. The second-order valence-corrected chi connectivity index (χ2v) is 18.4. The van der Waals surface area contributed by atoms with E-state index in [4.69, 9.17) is 14.2 Å². The highest BCUT2D eigenvalue weighted by Gasteiger charge is 2.19. The van der Waals surface area contributed by atoms with Crippen LogP contribution in [0, 0.1) is 0 Å². The molecule has 0 rings (SSSR count). The molecule has 0 N–H and O–H groups in total. The maximum Gasteiger partial charge on any atom is 0.306 e. The van der Waals surface area contributed by atoms with Crippen molar-refractivity contribution in [2.75, 3.05) is 13.2 Å². The fraction of sp³-hybridized carbons (Fsp3) is 0.641. The van der Waals surface area contributed by atoms with Gasteiger partial charge in [-0.3, -0.25) is 14.4 Å². The Morgan fingerprint density at radius 1 is 0.300 bits per heavy atom. The first-order valence-electron chi connectivity index (χ1n) is 28.5. The third-order valence-corrected chi connectivity index (χ3v) is 11.7. The number of rotatable bonds is 50.